The molecule has 0 aromatic heterocycles. The molecule has 0 saturated heterocycles. The molecule has 0 spiro atoms. The minimum absolute atomic E-state index is 0.153. The zero-order chi connectivity index (χ0) is 15.3. The van der Waals surface area contributed by atoms with Crippen molar-refractivity contribution in [1.82, 2.24) is 0 Å². The summed E-state index contributed by atoms with van der Waals surface area (Å²) >= 11 is 0. The fourth-order valence-corrected chi connectivity index (χ4v) is 1.33. The molecule has 0 fully saturated rings. The van der Waals surface area contributed by atoms with Gasteiger partial charge >= 0.3 is 5.97 Å². The summed E-state index contributed by atoms with van der Waals surface area (Å²) in [6.45, 7) is 7.07. The molecule has 0 unspecified atom stereocenters. The second-order valence-electron chi connectivity index (χ2n) is 5.08. The van der Waals surface area contributed by atoms with E-state index in [1.54, 1.807) is 45.9 Å². The molecule has 1 N–H and O–H groups in total. The van der Waals surface area contributed by atoms with Crippen molar-refractivity contribution in [2.75, 3.05) is 12.4 Å². The number of benzene rings is 1. The Bertz CT molecular complexity index is 495. The van der Waals surface area contributed by atoms with Gasteiger partial charge in [0.1, 0.15) is 5.75 Å². The largest absolute Gasteiger partial charge is 0.497 e. The van der Waals surface area contributed by atoms with Gasteiger partial charge in [0, 0.05) is 12.0 Å². The second-order valence-corrected chi connectivity index (χ2v) is 5.08. The van der Waals surface area contributed by atoms with Crippen molar-refractivity contribution in [3.8, 4) is 11.5 Å². The van der Waals surface area contributed by atoms with Crippen molar-refractivity contribution < 1.29 is 19.1 Å². The lowest BCUT2D eigenvalue weighted by Crippen LogP contribution is -2.20. The molecule has 0 heterocycles. The van der Waals surface area contributed by atoms with Crippen LogP contribution in [-0.2, 0) is 9.59 Å². The highest BCUT2D eigenvalue weighted by atomic mass is 16.5. The number of esters is 1. The molecule has 0 atom stereocenters. The number of hydrogen-bond donors (Lipinski definition) is 1. The molecule has 110 valence electrons. The highest BCUT2D eigenvalue weighted by molar-refractivity contribution is 5.94. The van der Waals surface area contributed by atoms with Crippen molar-refractivity contribution >= 4 is 17.6 Å². The standard InChI is InChI=1S/C15H21NO4/c1-9(2)14(17)16-12-8-11(19-5)6-7-13(12)20-15(18)10(3)4/h6-10H,1-5H3,(H,16,17). The molecule has 1 aromatic rings. The van der Waals surface area contributed by atoms with Crippen molar-refractivity contribution in [3.05, 3.63) is 18.2 Å². The van der Waals surface area contributed by atoms with E-state index in [1.165, 1.54) is 7.11 Å². The van der Waals surface area contributed by atoms with Gasteiger partial charge in [0.05, 0.1) is 18.7 Å². The van der Waals surface area contributed by atoms with Crippen LogP contribution in [0.3, 0.4) is 0 Å². The summed E-state index contributed by atoms with van der Waals surface area (Å²) in [6, 6.07) is 4.91. The van der Waals surface area contributed by atoms with Crippen LogP contribution < -0.4 is 14.8 Å². The second kappa shape index (κ2) is 6.93. The Labute approximate surface area is 119 Å². The molecule has 0 bridgehead atoms. The molecular weight excluding hydrogens is 258 g/mol. The van der Waals surface area contributed by atoms with E-state index in [-0.39, 0.29) is 23.7 Å². The van der Waals surface area contributed by atoms with Crippen LogP contribution in [-0.4, -0.2) is 19.0 Å². The first kappa shape index (κ1) is 16.0. The smallest absolute Gasteiger partial charge is 0.313 e. The molecule has 0 aliphatic heterocycles. The Morgan fingerprint density at radius 2 is 1.75 bits per heavy atom. The third kappa shape index (κ3) is 4.26. The molecule has 0 aliphatic rings. The van der Waals surface area contributed by atoms with E-state index in [1.807, 2.05) is 0 Å². The van der Waals surface area contributed by atoms with Gasteiger partial charge in [-0.1, -0.05) is 27.7 Å². The summed E-state index contributed by atoms with van der Waals surface area (Å²) < 4.78 is 10.4. The molecule has 0 aliphatic carbocycles. The van der Waals surface area contributed by atoms with E-state index in [0.29, 0.717) is 17.2 Å². The highest BCUT2D eigenvalue weighted by Crippen LogP contribution is 2.30. The van der Waals surface area contributed by atoms with Gasteiger partial charge in [-0.2, -0.15) is 0 Å². The van der Waals surface area contributed by atoms with Gasteiger partial charge in [0.15, 0.2) is 5.75 Å². The van der Waals surface area contributed by atoms with E-state index in [4.69, 9.17) is 9.47 Å². The van der Waals surface area contributed by atoms with Gasteiger partial charge in [-0.05, 0) is 12.1 Å². The molecule has 0 radical (unpaired) electrons. The summed E-state index contributed by atoms with van der Waals surface area (Å²) in [7, 11) is 1.53. The van der Waals surface area contributed by atoms with E-state index in [9.17, 15) is 9.59 Å². The zero-order valence-corrected chi connectivity index (χ0v) is 12.5. The lowest BCUT2D eigenvalue weighted by atomic mass is 10.2. The van der Waals surface area contributed by atoms with Crippen molar-refractivity contribution in [1.29, 1.82) is 0 Å². The van der Waals surface area contributed by atoms with Gasteiger partial charge in [-0.25, -0.2) is 0 Å². The first-order chi connectivity index (χ1) is 9.35. The number of ether oxygens (including phenoxy) is 2. The lowest BCUT2D eigenvalue weighted by Gasteiger charge is -2.14. The monoisotopic (exact) mass is 279 g/mol. The third-order valence-electron chi connectivity index (χ3n) is 2.65. The summed E-state index contributed by atoms with van der Waals surface area (Å²) in [4.78, 5) is 23.5. The number of methoxy groups -OCH3 is 1. The highest BCUT2D eigenvalue weighted by Gasteiger charge is 2.16. The van der Waals surface area contributed by atoms with Crippen LogP contribution >= 0.6 is 0 Å². The molecule has 1 rings (SSSR count). The first-order valence-electron chi connectivity index (χ1n) is 6.55. The predicted molar refractivity (Wildman–Crippen MR) is 76.9 cm³/mol. The SMILES string of the molecule is COc1ccc(OC(=O)C(C)C)c(NC(=O)C(C)C)c1. The summed E-state index contributed by atoms with van der Waals surface area (Å²) in [5.74, 6) is -0.0252. The maximum atomic E-state index is 11.8. The van der Waals surface area contributed by atoms with Crippen LogP contribution in [0.4, 0.5) is 5.69 Å². The number of carbonyl (C=O) groups excluding carboxylic acids is 2. The molecule has 5 heteroatoms. The zero-order valence-electron chi connectivity index (χ0n) is 12.5. The number of amides is 1. The Hall–Kier alpha value is -2.04. The van der Waals surface area contributed by atoms with E-state index >= 15 is 0 Å². The number of nitrogens with one attached hydrogen (secondary N) is 1. The fourth-order valence-electron chi connectivity index (χ4n) is 1.33. The van der Waals surface area contributed by atoms with Crippen LogP contribution in [0, 0.1) is 11.8 Å². The number of rotatable bonds is 5. The Morgan fingerprint density at radius 3 is 2.25 bits per heavy atom. The maximum absolute atomic E-state index is 11.8. The average molecular weight is 279 g/mol. The minimum atomic E-state index is -0.352. The molecular formula is C15H21NO4. The van der Waals surface area contributed by atoms with E-state index in [0.717, 1.165) is 0 Å². The normalized spacial score (nSPS) is 10.6. The van der Waals surface area contributed by atoms with Gasteiger partial charge in [0.2, 0.25) is 5.91 Å². The fraction of sp³-hybridized carbons (Fsp3) is 0.467. The Balaban J connectivity index is 3.03. The van der Waals surface area contributed by atoms with Crippen LogP contribution in [0.5, 0.6) is 11.5 Å². The molecule has 20 heavy (non-hydrogen) atoms. The van der Waals surface area contributed by atoms with Gasteiger partial charge in [-0.15, -0.1) is 0 Å². The van der Waals surface area contributed by atoms with Crippen LogP contribution in [0.25, 0.3) is 0 Å². The quantitative estimate of drug-likeness (QED) is 0.665. The van der Waals surface area contributed by atoms with Gasteiger partial charge in [0.25, 0.3) is 0 Å². The minimum Gasteiger partial charge on any atom is -0.497 e. The lowest BCUT2D eigenvalue weighted by molar-refractivity contribution is -0.137. The van der Waals surface area contributed by atoms with Crippen LogP contribution in [0.1, 0.15) is 27.7 Å². The number of anilines is 1. The molecule has 1 aromatic carbocycles. The van der Waals surface area contributed by atoms with Crippen molar-refractivity contribution in [2.24, 2.45) is 11.8 Å². The first-order valence-corrected chi connectivity index (χ1v) is 6.55. The van der Waals surface area contributed by atoms with Gasteiger partial charge < -0.3 is 14.8 Å². The topological polar surface area (TPSA) is 64.6 Å². The molecule has 5 nitrogen and oxygen atoms in total. The molecule has 0 saturated carbocycles. The van der Waals surface area contributed by atoms with E-state index in [2.05, 4.69) is 5.32 Å². The van der Waals surface area contributed by atoms with E-state index < -0.39 is 0 Å². The summed E-state index contributed by atoms with van der Waals surface area (Å²) in [5, 5.41) is 2.73. The Morgan fingerprint density at radius 1 is 1.10 bits per heavy atom. The number of carbonyl (C=O) groups is 2. The summed E-state index contributed by atoms with van der Waals surface area (Å²) in [6.07, 6.45) is 0. The van der Waals surface area contributed by atoms with Crippen molar-refractivity contribution in [2.45, 2.75) is 27.7 Å². The Kier molecular flexibility index (Phi) is 5.55. The average Bonchev–Trinajstić information content (AvgIpc) is 2.40. The van der Waals surface area contributed by atoms with Crippen molar-refractivity contribution in [3.63, 3.8) is 0 Å². The van der Waals surface area contributed by atoms with Crippen LogP contribution in [0.2, 0.25) is 0 Å². The van der Waals surface area contributed by atoms with Gasteiger partial charge in [-0.3, -0.25) is 9.59 Å². The number of hydrogen-bond acceptors (Lipinski definition) is 4. The maximum Gasteiger partial charge on any atom is 0.313 e. The summed E-state index contributed by atoms with van der Waals surface area (Å²) in [5.41, 5.74) is 0.428. The molecule has 1 amide bonds. The predicted octanol–water partition coefficient (Wildman–Crippen LogP) is 2.85. The third-order valence-corrected chi connectivity index (χ3v) is 2.65. The van der Waals surface area contributed by atoms with Crippen LogP contribution in [0.15, 0.2) is 18.2 Å².